The lowest BCUT2D eigenvalue weighted by Gasteiger charge is -2.43. The van der Waals surface area contributed by atoms with Crippen LogP contribution in [-0.2, 0) is 47.8 Å². The Hall–Kier alpha value is -4.00. The standard InChI is InChI=1S/C24H29N3O10/c1-11-7-8-17-16(9-11)19(23(32)27(17)6)26-37-24-20(25-12(2)28)22(35-15(5)31)21(34-14(4)30)18(36-24)10-33-13(3)29/h7-9,18,20-22,24H,10H2,1-6H3,(H,25,28)/b26-19-/t18-,20+,21+,22-,24+/m0/s1. The molecule has 200 valence electrons. The third kappa shape index (κ3) is 6.42. The van der Waals surface area contributed by atoms with Gasteiger partial charge in [-0.05, 0) is 19.1 Å². The molecule has 0 saturated carbocycles. The van der Waals surface area contributed by atoms with Gasteiger partial charge in [0.15, 0.2) is 17.9 Å². The van der Waals surface area contributed by atoms with Crippen molar-refractivity contribution in [3.05, 3.63) is 29.3 Å². The van der Waals surface area contributed by atoms with E-state index >= 15 is 0 Å². The highest BCUT2D eigenvalue weighted by atomic mass is 16.8. The normalized spacial score (nSPS) is 25.8. The molecule has 37 heavy (non-hydrogen) atoms. The first kappa shape index (κ1) is 27.6. The van der Waals surface area contributed by atoms with Crippen LogP contribution in [0, 0.1) is 6.92 Å². The highest BCUT2D eigenvalue weighted by molar-refractivity contribution is 6.54. The third-order valence-corrected chi connectivity index (χ3v) is 5.59. The van der Waals surface area contributed by atoms with Crippen molar-refractivity contribution in [1.82, 2.24) is 5.32 Å². The van der Waals surface area contributed by atoms with Crippen molar-refractivity contribution in [3.63, 3.8) is 0 Å². The van der Waals surface area contributed by atoms with Crippen LogP contribution in [0.25, 0.3) is 0 Å². The summed E-state index contributed by atoms with van der Waals surface area (Å²) < 4.78 is 21.7. The summed E-state index contributed by atoms with van der Waals surface area (Å²) in [6.07, 6.45) is -5.17. The quantitative estimate of drug-likeness (QED) is 0.302. The zero-order valence-electron chi connectivity index (χ0n) is 21.3. The van der Waals surface area contributed by atoms with E-state index in [2.05, 4.69) is 10.5 Å². The average molecular weight is 520 g/mol. The minimum Gasteiger partial charge on any atom is -0.463 e. The maximum absolute atomic E-state index is 12.9. The Morgan fingerprint density at radius 2 is 1.68 bits per heavy atom. The first-order valence-electron chi connectivity index (χ1n) is 11.4. The molecule has 0 unspecified atom stereocenters. The lowest BCUT2D eigenvalue weighted by molar-refractivity contribution is -0.278. The van der Waals surface area contributed by atoms with Gasteiger partial charge in [0.25, 0.3) is 12.2 Å². The molecule has 13 heteroatoms. The summed E-state index contributed by atoms with van der Waals surface area (Å²) in [7, 11) is 1.59. The van der Waals surface area contributed by atoms with E-state index in [9.17, 15) is 24.0 Å². The van der Waals surface area contributed by atoms with Crippen LogP contribution in [0.15, 0.2) is 23.4 Å². The van der Waals surface area contributed by atoms with Crippen LogP contribution in [0.4, 0.5) is 5.69 Å². The van der Waals surface area contributed by atoms with Gasteiger partial charge in [0.2, 0.25) is 5.91 Å². The van der Waals surface area contributed by atoms with Crippen LogP contribution in [-0.4, -0.2) is 79.7 Å². The summed E-state index contributed by atoms with van der Waals surface area (Å²) in [6, 6.07) is 4.18. The number of oxime groups is 1. The molecule has 13 nitrogen and oxygen atoms in total. The predicted molar refractivity (Wildman–Crippen MR) is 126 cm³/mol. The Morgan fingerprint density at radius 3 is 2.27 bits per heavy atom. The van der Waals surface area contributed by atoms with Crippen molar-refractivity contribution in [2.45, 2.75) is 65.3 Å². The van der Waals surface area contributed by atoms with E-state index in [4.69, 9.17) is 23.8 Å². The van der Waals surface area contributed by atoms with Gasteiger partial charge in [-0.3, -0.25) is 24.0 Å². The van der Waals surface area contributed by atoms with Crippen molar-refractivity contribution in [2.24, 2.45) is 5.16 Å². The Kier molecular flexibility index (Phi) is 8.48. The zero-order chi connectivity index (χ0) is 27.4. The Balaban J connectivity index is 2.01. The summed E-state index contributed by atoms with van der Waals surface area (Å²) in [6.45, 7) is 6.13. The van der Waals surface area contributed by atoms with Crippen molar-refractivity contribution < 1.29 is 47.8 Å². The number of hydrogen-bond acceptors (Lipinski definition) is 11. The van der Waals surface area contributed by atoms with Crippen LogP contribution in [0.5, 0.6) is 0 Å². The van der Waals surface area contributed by atoms with E-state index in [1.54, 1.807) is 19.2 Å². The number of hydrogen-bond donors (Lipinski definition) is 1. The topological polar surface area (TPSA) is 159 Å². The SMILES string of the molecule is CC(=O)N[C@H]1[C@@H](O/N=C2\C(=O)N(C)c3ccc(C)cc32)O[C@@H](COC(C)=O)[C@@H](OC(C)=O)[C@H]1OC(C)=O. The van der Waals surface area contributed by atoms with Gasteiger partial charge >= 0.3 is 17.9 Å². The highest BCUT2D eigenvalue weighted by Crippen LogP contribution is 2.31. The molecule has 3 rings (SSSR count). The molecule has 2 heterocycles. The van der Waals surface area contributed by atoms with Crippen molar-refractivity contribution in [3.8, 4) is 0 Å². The van der Waals surface area contributed by atoms with Gasteiger partial charge in [0, 0.05) is 40.3 Å². The maximum atomic E-state index is 12.9. The molecule has 0 spiro atoms. The summed E-state index contributed by atoms with van der Waals surface area (Å²) in [5.41, 5.74) is 2.04. The van der Waals surface area contributed by atoms with Crippen molar-refractivity contribution in [1.29, 1.82) is 0 Å². The van der Waals surface area contributed by atoms with Gasteiger partial charge in [0.05, 0.1) is 5.69 Å². The molecule has 0 aliphatic carbocycles. The summed E-state index contributed by atoms with van der Waals surface area (Å²) >= 11 is 0. The lowest BCUT2D eigenvalue weighted by Crippen LogP contribution is -2.66. The highest BCUT2D eigenvalue weighted by Gasteiger charge is 2.52. The van der Waals surface area contributed by atoms with Gasteiger partial charge in [-0.25, -0.2) is 0 Å². The van der Waals surface area contributed by atoms with Gasteiger partial charge in [-0.2, -0.15) is 0 Å². The number of carbonyl (C=O) groups is 5. The van der Waals surface area contributed by atoms with Crippen LogP contribution in [0.2, 0.25) is 0 Å². The second kappa shape index (κ2) is 11.4. The number of amides is 2. The van der Waals surface area contributed by atoms with Gasteiger partial charge in [-0.1, -0.05) is 16.8 Å². The number of nitrogens with zero attached hydrogens (tertiary/aromatic N) is 2. The smallest absolute Gasteiger partial charge is 0.303 e. The molecule has 1 saturated heterocycles. The number of nitrogens with one attached hydrogen (secondary N) is 1. The number of fused-ring (bicyclic) bond motifs is 1. The average Bonchev–Trinajstić information content (AvgIpc) is 3.02. The first-order valence-corrected chi connectivity index (χ1v) is 11.4. The van der Waals surface area contributed by atoms with E-state index in [1.165, 1.54) is 18.7 Å². The fourth-order valence-corrected chi connectivity index (χ4v) is 4.09. The minimum absolute atomic E-state index is 0.00550. The number of carbonyl (C=O) groups excluding carboxylic acids is 5. The molecule has 0 aromatic heterocycles. The van der Waals surface area contributed by atoms with Gasteiger partial charge < -0.3 is 34.0 Å². The van der Waals surface area contributed by atoms with E-state index < -0.39 is 67.0 Å². The predicted octanol–water partition coefficient (Wildman–Crippen LogP) is 0.348. The molecule has 2 aliphatic heterocycles. The van der Waals surface area contributed by atoms with Crippen LogP contribution in [0.3, 0.4) is 0 Å². The molecule has 1 fully saturated rings. The molecule has 2 amide bonds. The van der Waals surface area contributed by atoms with Gasteiger partial charge in [-0.15, -0.1) is 0 Å². The maximum Gasteiger partial charge on any atom is 0.303 e. The Bertz CT molecular complexity index is 1130. The number of anilines is 1. The molecule has 1 N–H and O–H groups in total. The van der Waals surface area contributed by atoms with Crippen LogP contribution in [0.1, 0.15) is 38.8 Å². The van der Waals surface area contributed by atoms with Crippen molar-refractivity contribution >= 4 is 41.1 Å². The molecule has 0 radical (unpaired) electrons. The third-order valence-electron chi connectivity index (χ3n) is 5.59. The molecule has 0 bridgehead atoms. The van der Waals surface area contributed by atoms with Crippen LogP contribution < -0.4 is 10.2 Å². The fraction of sp³-hybridized carbons (Fsp3) is 0.500. The monoisotopic (exact) mass is 519 g/mol. The number of likely N-dealkylation sites (N-methyl/N-ethyl adjacent to an activating group) is 1. The van der Waals surface area contributed by atoms with E-state index in [0.717, 1.165) is 19.4 Å². The van der Waals surface area contributed by atoms with Crippen molar-refractivity contribution in [2.75, 3.05) is 18.6 Å². The van der Waals surface area contributed by atoms with E-state index in [1.807, 2.05) is 13.0 Å². The zero-order valence-corrected chi connectivity index (χ0v) is 21.3. The van der Waals surface area contributed by atoms with Crippen LogP contribution >= 0.6 is 0 Å². The Morgan fingerprint density at radius 1 is 1.03 bits per heavy atom. The number of aryl methyl sites for hydroxylation is 1. The fourth-order valence-electron chi connectivity index (χ4n) is 4.09. The lowest BCUT2D eigenvalue weighted by atomic mass is 9.96. The van der Waals surface area contributed by atoms with E-state index in [-0.39, 0.29) is 5.71 Å². The minimum atomic E-state index is -1.43. The molecular weight excluding hydrogens is 490 g/mol. The molecular formula is C24H29N3O10. The van der Waals surface area contributed by atoms with Gasteiger partial charge in [0.1, 0.15) is 18.8 Å². The molecule has 1 aromatic carbocycles. The second-order valence-electron chi connectivity index (χ2n) is 8.65. The summed E-state index contributed by atoms with van der Waals surface area (Å²) in [5.74, 6) is -3.08. The number of benzene rings is 1. The molecule has 1 aromatic rings. The molecule has 2 aliphatic rings. The summed E-state index contributed by atoms with van der Waals surface area (Å²) in [4.78, 5) is 67.2. The molecule has 5 atom stereocenters. The second-order valence-corrected chi connectivity index (χ2v) is 8.65. The largest absolute Gasteiger partial charge is 0.463 e. The summed E-state index contributed by atoms with van der Waals surface area (Å²) in [5, 5.41) is 6.61. The first-order chi connectivity index (χ1) is 17.4. The number of ether oxygens (including phenoxy) is 4. The Labute approximate surface area is 213 Å². The number of esters is 3. The van der Waals surface area contributed by atoms with E-state index in [0.29, 0.717) is 11.3 Å². The number of rotatable bonds is 7.